The molecule has 6 nitrogen and oxygen atoms in total. The molecule has 0 aromatic carbocycles. The molecule has 0 unspecified atom stereocenters. The van der Waals surface area contributed by atoms with E-state index in [-0.39, 0.29) is 18.1 Å². The number of amides is 1. The highest BCUT2D eigenvalue weighted by molar-refractivity contribution is 5.85. The number of carbonyl (C=O) groups is 2. The van der Waals surface area contributed by atoms with E-state index in [1.807, 2.05) is 11.8 Å². The summed E-state index contributed by atoms with van der Waals surface area (Å²) in [6.07, 6.45) is 1.47. The Labute approximate surface area is 106 Å². The Hall–Kier alpha value is -2.11. The number of anilines is 1. The Morgan fingerprint density at radius 1 is 1.33 bits per heavy atom. The van der Waals surface area contributed by atoms with E-state index in [2.05, 4.69) is 4.98 Å². The third kappa shape index (κ3) is 3.44. The van der Waals surface area contributed by atoms with E-state index in [4.69, 9.17) is 5.11 Å². The second-order valence-corrected chi connectivity index (χ2v) is 4.01. The monoisotopic (exact) mass is 251 g/mol. The zero-order valence-electron chi connectivity index (χ0n) is 10.8. The molecule has 1 N–H and O–H groups in total. The van der Waals surface area contributed by atoms with Crippen LogP contribution in [0.25, 0.3) is 0 Å². The topological polar surface area (TPSA) is 73.7 Å². The van der Waals surface area contributed by atoms with E-state index in [9.17, 15) is 9.59 Å². The summed E-state index contributed by atoms with van der Waals surface area (Å²) < 4.78 is 0. The number of aromatic carboxylic acids is 1. The fraction of sp³-hybridized carbons (Fsp3) is 0.417. The van der Waals surface area contributed by atoms with Gasteiger partial charge in [0.2, 0.25) is 5.91 Å². The van der Waals surface area contributed by atoms with E-state index >= 15 is 0 Å². The Morgan fingerprint density at radius 3 is 2.39 bits per heavy atom. The van der Waals surface area contributed by atoms with Crippen molar-refractivity contribution in [1.82, 2.24) is 9.88 Å². The average molecular weight is 251 g/mol. The summed E-state index contributed by atoms with van der Waals surface area (Å²) in [6, 6.07) is 3.09. The predicted octanol–water partition coefficient (Wildman–Crippen LogP) is 0.694. The molecule has 1 rings (SSSR count). The maximum Gasteiger partial charge on any atom is 0.354 e. The van der Waals surface area contributed by atoms with Crippen molar-refractivity contribution in [3.63, 3.8) is 0 Å². The van der Waals surface area contributed by atoms with Crippen molar-refractivity contribution in [3.8, 4) is 0 Å². The fourth-order valence-corrected chi connectivity index (χ4v) is 1.39. The Bertz CT molecular complexity index is 429. The SMILES string of the molecule is CCN(CC(=O)N(C)C)c1ccc(C(=O)O)nc1. The Balaban J connectivity index is 2.82. The van der Waals surface area contributed by atoms with E-state index < -0.39 is 5.97 Å². The third-order valence-electron chi connectivity index (χ3n) is 2.54. The number of carboxylic acids is 1. The molecular formula is C12H17N3O3. The lowest BCUT2D eigenvalue weighted by Crippen LogP contribution is -2.36. The van der Waals surface area contributed by atoms with Gasteiger partial charge in [-0.1, -0.05) is 0 Å². The molecule has 0 atom stereocenters. The molecule has 0 bridgehead atoms. The van der Waals surface area contributed by atoms with Crippen molar-refractivity contribution in [1.29, 1.82) is 0 Å². The van der Waals surface area contributed by atoms with Gasteiger partial charge in [0, 0.05) is 20.6 Å². The number of carbonyl (C=O) groups excluding carboxylic acids is 1. The van der Waals surface area contributed by atoms with E-state index in [0.29, 0.717) is 6.54 Å². The van der Waals surface area contributed by atoms with E-state index in [0.717, 1.165) is 5.69 Å². The van der Waals surface area contributed by atoms with Crippen LogP contribution in [0.1, 0.15) is 17.4 Å². The minimum atomic E-state index is -1.06. The fourth-order valence-electron chi connectivity index (χ4n) is 1.39. The van der Waals surface area contributed by atoms with Gasteiger partial charge in [0.15, 0.2) is 0 Å². The number of hydrogen-bond donors (Lipinski definition) is 1. The minimum absolute atomic E-state index is 0.00580. The van der Waals surface area contributed by atoms with Gasteiger partial charge in [-0.3, -0.25) is 4.79 Å². The number of carboxylic acid groups (broad SMARTS) is 1. The van der Waals surface area contributed by atoms with Crippen LogP contribution in [-0.2, 0) is 4.79 Å². The smallest absolute Gasteiger partial charge is 0.354 e. The minimum Gasteiger partial charge on any atom is -0.477 e. The highest BCUT2D eigenvalue weighted by Crippen LogP contribution is 2.12. The van der Waals surface area contributed by atoms with Crippen LogP contribution in [0.15, 0.2) is 18.3 Å². The molecule has 98 valence electrons. The molecule has 0 saturated carbocycles. The lowest BCUT2D eigenvalue weighted by atomic mass is 10.3. The predicted molar refractivity (Wildman–Crippen MR) is 67.8 cm³/mol. The molecule has 0 fully saturated rings. The third-order valence-corrected chi connectivity index (χ3v) is 2.54. The summed E-state index contributed by atoms with van der Waals surface area (Å²) in [7, 11) is 3.39. The number of aromatic nitrogens is 1. The lowest BCUT2D eigenvalue weighted by Gasteiger charge is -2.23. The highest BCUT2D eigenvalue weighted by atomic mass is 16.4. The number of likely N-dealkylation sites (N-methyl/N-ethyl adjacent to an activating group) is 2. The molecule has 18 heavy (non-hydrogen) atoms. The number of rotatable bonds is 5. The van der Waals surface area contributed by atoms with Crippen molar-refractivity contribution >= 4 is 17.6 Å². The van der Waals surface area contributed by atoms with Gasteiger partial charge in [0.25, 0.3) is 0 Å². The second-order valence-electron chi connectivity index (χ2n) is 4.01. The molecule has 6 heteroatoms. The van der Waals surface area contributed by atoms with Gasteiger partial charge in [-0.25, -0.2) is 9.78 Å². The molecular weight excluding hydrogens is 234 g/mol. The molecule has 0 spiro atoms. The molecule has 1 aromatic heterocycles. The Morgan fingerprint density at radius 2 is 2.00 bits per heavy atom. The van der Waals surface area contributed by atoms with Crippen LogP contribution in [0.2, 0.25) is 0 Å². The van der Waals surface area contributed by atoms with Crippen molar-refractivity contribution < 1.29 is 14.7 Å². The van der Waals surface area contributed by atoms with Crippen LogP contribution < -0.4 is 4.90 Å². The molecule has 0 saturated heterocycles. The maximum atomic E-state index is 11.6. The largest absolute Gasteiger partial charge is 0.477 e. The average Bonchev–Trinajstić information content (AvgIpc) is 2.35. The number of hydrogen-bond acceptors (Lipinski definition) is 4. The standard InChI is InChI=1S/C12H17N3O3/c1-4-15(8-11(16)14(2)3)9-5-6-10(12(17)18)13-7-9/h5-7H,4,8H2,1-3H3,(H,17,18). The van der Waals surface area contributed by atoms with E-state index in [1.54, 1.807) is 20.2 Å². The summed E-state index contributed by atoms with van der Waals surface area (Å²) in [5, 5.41) is 8.75. The first-order valence-corrected chi connectivity index (χ1v) is 5.60. The number of pyridine rings is 1. The van der Waals surface area contributed by atoms with Crippen molar-refractivity contribution in [2.45, 2.75) is 6.92 Å². The van der Waals surface area contributed by atoms with Crippen LogP contribution in [0.5, 0.6) is 0 Å². The molecule has 1 heterocycles. The molecule has 0 aliphatic heterocycles. The van der Waals surface area contributed by atoms with Gasteiger partial charge in [0.05, 0.1) is 18.4 Å². The zero-order chi connectivity index (χ0) is 13.7. The molecule has 0 radical (unpaired) electrons. The normalized spacial score (nSPS) is 9.94. The molecule has 0 aliphatic rings. The van der Waals surface area contributed by atoms with Crippen LogP contribution >= 0.6 is 0 Å². The van der Waals surface area contributed by atoms with Gasteiger partial charge in [-0.05, 0) is 19.1 Å². The first-order chi connectivity index (χ1) is 8.45. The Kier molecular flexibility index (Phi) is 4.65. The molecule has 1 amide bonds. The summed E-state index contributed by atoms with van der Waals surface area (Å²) in [5.74, 6) is -1.08. The van der Waals surface area contributed by atoms with Gasteiger partial charge in [-0.15, -0.1) is 0 Å². The first kappa shape index (κ1) is 14.0. The first-order valence-electron chi connectivity index (χ1n) is 5.60. The molecule has 0 aliphatic carbocycles. The quantitative estimate of drug-likeness (QED) is 0.833. The van der Waals surface area contributed by atoms with Crippen molar-refractivity contribution in [2.24, 2.45) is 0 Å². The summed E-state index contributed by atoms with van der Waals surface area (Å²) in [5.41, 5.74) is 0.728. The summed E-state index contributed by atoms with van der Waals surface area (Å²) in [4.78, 5) is 29.5. The van der Waals surface area contributed by atoms with Crippen molar-refractivity contribution in [3.05, 3.63) is 24.0 Å². The summed E-state index contributed by atoms with van der Waals surface area (Å²) >= 11 is 0. The molecule has 1 aromatic rings. The second kappa shape index (κ2) is 6.00. The van der Waals surface area contributed by atoms with Gasteiger partial charge < -0.3 is 14.9 Å². The van der Waals surface area contributed by atoms with Crippen LogP contribution in [0.3, 0.4) is 0 Å². The van der Waals surface area contributed by atoms with Gasteiger partial charge in [0.1, 0.15) is 5.69 Å². The van der Waals surface area contributed by atoms with E-state index in [1.165, 1.54) is 17.2 Å². The maximum absolute atomic E-state index is 11.6. The highest BCUT2D eigenvalue weighted by Gasteiger charge is 2.12. The lowest BCUT2D eigenvalue weighted by molar-refractivity contribution is -0.127. The van der Waals surface area contributed by atoms with Crippen LogP contribution in [0.4, 0.5) is 5.69 Å². The van der Waals surface area contributed by atoms with Crippen molar-refractivity contribution in [2.75, 3.05) is 32.1 Å². The van der Waals surface area contributed by atoms with Gasteiger partial charge >= 0.3 is 5.97 Å². The van der Waals surface area contributed by atoms with Crippen LogP contribution in [-0.4, -0.2) is 54.1 Å². The summed E-state index contributed by atoms with van der Waals surface area (Å²) in [6.45, 7) is 2.82. The zero-order valence-corrected chi connectivity index (χ0v) is 10.8. The van der Waals surface area contributed by atoms with Crippen LogP contribution in [0, 0.1) is 0 Å². The van der Waals surface area contributed by atoms with Gasteiger partial charge in [-0.2, -0.15) is 0 Å². The number of nitrogens with zero attached hydrogens (tertiary/aromatic N) is 3.